The largest absolute Gasteiger partial charge is 0.454 e. The fraction of sp³-hybridized carbons (Fsp3) is 0.231. The van der Waals surface area contributed by atoms with E-state index in [-0.39, 0.29) is 6.79 Å². The van der Waals surface area contributed by atoms with Crippen molar-refractivity contribution in [2.45, 2.75) is 6.54 Å². The molecule has 0 aliphatic carbocycles. The van der Waals surface area contributed by atoms with Gasteiger partial charge in [0.05, 0.1) is 0 Å². The molecule has 106 valence electrons. The second kappa shape index (κ2) is 4.58. The number of nitrogens with zero attached hydrogens (tertiary/aromatic N) is 6. The van der Waals surface area contributed by atoms with Crippen molar-refractivity contribution < 1.29 is 9.47 Å². The third-order valence-corrected chi connectivity index (χ3v) is 3.30. The summed E-state index contributed by atoms with van der Waals surface area (Å²) >= 11 is 0. The molecular weight excluding hydrogens is 272 g/mol. The molecule has 0 atom stereocenters. The summed E-state index contributed by atoms with van der Waals surface area (Å²) < 4.78 is 12.1. The van der Waals surface area contributed by atoms with Crippen molar-refractivity contribution in [3.63, 3.8) is 0 Å². The summed E-state index contributed by atoms with van der Waals surface area (Å²) in [4.78, 5) is 2.01. The number of hydrogen-bond donors (Lipinski definition) is 0. The van der Waals surface area contributed by atoms with Crippen LogP contribution < -0.4 is 14.4 Å². The fourth-order valence-electron chi connectivity index (χ4n) is 2.24. The van der Waals surface area contributed by atoms with Crippen LogP contribution in [0.25, 0.3) is 5.65 Å². The Morgan fingerprint density at radius 2 is 2.10 bits per heavy atom. The highest BCUT2D eigenvalue weighted by Gasteiger charge is 2.14. The van der Waals surface area contributed by atoms with E-state index in [4.69, 9.17) is 9.47 Å². The molecule has 0 radical (unpaired) electrons. The van der Waals surface area contributed by atoms with Gasteiger partial charge < -0.3 is 14.4 Å². The zero-order valence-electron chi connectivity index (χ0n) is 11.3. The molecule has 8 heteroatoms. The minimum Gasteiger partial charge on any atom is -0.454 e. The fourth-order valence-corrected chi connectivity index (χ4v) is 2.24. The molecule has 0 unspecified atom stereocenters. The first kappa shape index (κ1) is 11.9. The minimum atomic E-state index is 0.284. The van der Waals surface area contributed by atoms with Crippen LogP contribution in [-0.2, 0) is 6.54 Å². The van der Waals surface area contributed by atoms with Crippen LogP contribution in [0.15, 0.2) is 30.3 Å². The Bertz CT molecular complexity index is 802. The Balaban J connectivity index is 1.58. The summed E-state index contributed by atoms with van der Waals surface area (Å²) in [6, 6.07) is 9.63. The van der Waals surface area contributed by atoms with Gasteiger partial charge in [-0.3, -0.25) is 0 Å². The molecule has 0 bridgehead atoms. The van der Waals surface area contributed by atoms with Gasteiger partial charge in [0.15, 0.2) is 23.0 Å². The number of tetrazole rings is 1. The summed E-state index contributed by atoms with van der Waals surface area (Å²) in [5.74, 6) is 2.35. The normalized spacial score (nSPS) is 12.8. The molecule has 0 N–H and O–H groups in total. The number of ether oxygens (including phenoxy) is 2. The van der Waals surface area contributed by atoms with Crippen LogP contribution in [-0.4, -0.2) is 39.1 Å². The average Bonchev–Trinajstić information content (AvgIpc) is 3.14. The maximum Gasteiger partial charge on any atom is 0.231 e. The Morgan fingerprint density at radius 1 is 1.19 bits per heavy atom. The van der Waals surface area contributed by atoms with Gasteiger partial charge >= 0.3 is 0 Å². The van der Waals surface area contributed by atoms with Gasteiger partial charge in [0, 0.05) is 13.6 Å². The van der Waals surface area contributed by atoms with Crippen LogP contribution in [0.2, 0.25) is 0 Å². The van der Waals surface area contributed by atoms with E-state index in [0.717, 1.165) is 22.9 Å². The van der Waals surface area contributed by atoms with E-state index < -0.39 is 0 Å². The number of benzene rings is 1. The Kier molecular flexibility index (Phi) is 2.59. The lowest BCUT2D eigenvalue weighted by molar-refractivity contribution is 0.174. The van der Waals surface area contributed by atoms with Crippen LogP contribution in [0, 0.1) is 0 Å². The second-order valence-electron chi connectivity index (χ2n) is 4.76. The first-order valence-electron chi connectivity index (χ1n) is 6.45. The number of rotatable bonds is 3. The van der Waals surface area contributed by atoms with Crippen LogP contribution in [0.3, 0.4) is 0 Å². The number of aromatic nitrogens is 5. The molecule has 0 spiro atoms. The van der Waals surface area contributed by atoms with Crippen LogP contribution >= 0.6 is 0 Å². The van der Waals surface area contributed by atoms with Crippen LogP contribution in [0.4, 0.5) is 5.82 Å². The molecule has 3 heterocycles. The predicted octanol–water partition coefficient (Wildman–Crippen LogP) is 0.884. The van der Waals surface area contributed by atoms with Gasteiger partial charge in [-0.25, -0.2) is 0 Å². The SMILES string of the molecule is CN(Cc1ccc2c(c1)OCO2)c1ccc2nnnn2n1. The van der Waals surface area contributed by atoms with Crippen molar-refractivity contribution in [1.29, 1.82) is 0 Å². The van der Waals surface area contributed by atoms with Gasteiger partial charge in [0.1, 0.15) is 0 Å². The summed E-state index contributed by atoms with van der Waals surface area (Å²) in [5.41, 5.74) is 1.73. The molecule has 4 rings (SSSR count). The minimum absolute atomic E-state index is 0.284. The number of anilines is 1. The lowest BCUT2D eigenvalue weighted by Crippen LogP contribution is -2.18. The smallest absolute Gasteiger partial charge is 0.231 e. The summed E-state index contributed by atoms with van der Waals surface area (Å²) in [7, 11) is 1.96. The van der Waals surface area contributed by atoms with E-state index in [2.05, 4.69) is 20.6 Å². The van der Waals surface area contributed by atoms with Gasteiger partial charge in [-0.15, -0.1) is 14.8 Å². The maximum atomic E-state index is 5.39. The highest BCUT2D eigenvalue weighted by atomic mass is 16.7. The van der Waals surface area contributed by atoms with Crippen molar-refractivity contribution >= 4 is 11.5 Å². The van der Waals surface area contributed by atoms with Crippen molar-refractivity contribution in [3.05, 3.63) is 35.9 Å². The second-order valence-corrected chi connectivity index (χ2v) is 4.76. The molecule has 0 saturated heterocycles. The highest BCUT2D eigenvalue weighted by molar-refractivity contribution is 5.47. The molecule has 0 saturated carbocycles. The maximum absolute atomic E-state index is 5.39. The standard InChI is InChI=1S/C13H12N6O2/c1-18(13-5-4-12-14-16-17-19(12)15-13)7-9-2-3-10-11(6-9)21-8-20-10/h2-6H,7-8H2,1H3. The third-order valence-electron chi connectivity index (χ3n) is 3.30. The van der Waals surface area contributed by atoms with Crippen LogP contribution in [0.5, 0.6) is 11.5 Å². The van der Waals surface area contributed by atoms with E-state index in [1.54, 1.807) is 0 Å². The van der Waals surface area contributed by atoms with E-state index >= 15 is 0 Å². The Labute approximate surface area is 119 Å². The number of hydrogen-bond acceptors (Lipinski definition) is 7. The number of fused-ring (bicyclic) bond motifs is 2. The van der Waals surface area contributed by atoms with Crippen molar-refractivity contribution in [2.75, 3.05) is 18.7 Å². The average molecular weight is 284 g/mol. The van der Waals surface area contributed by atoms with Crippen molar-refractivity contribution in [2.24, 2.45) is 0 Å². The van der Waals surface area contributed by atoms with Gasteiger partial charge in [-0.05, 0) is 40.3 Å². The first-order valence-corrected chi connectivity index (χ1v) is 6.45. The monoisotopic (exact) mass is 284 g/mol. The van der Waals surface area contributed by atoms with E-state index in [1.165, 1.54) is 4.63 Å². The Morgan fingerprint density at radius 3 is 3.05 bits per heavy atom. The molecule has 2 aromatic heterocycles. The topological polar surface area (TPSA) is 77.7 Å². The van der Waals surface area contributed by atoms with E-state index in [0.29, 0.717) is 12.2 Å². The molecule has 1 aliphatic heterocycles. The summed E-state index contributed by atoms with van der Waals surface area (Å²) in [6.45, 7) is 0.976. The quantitative estimate of drug-likeness (QED) is 0.706. The molecular formula is C13H12N6O2. The van der Waals surface area contributed by atoms with Gasteiger partial charge in [-0.2, -0.15) is 0 Å². The van der Waals surface area contributed by atoms with E-state index in [9.17, 15) is 0 Å². The lowest BCUT2D eigenvalue weighted by atomic mass is 10.2. The van der Waals surface area contributed by atoms with Gasteiger partial charge in [0.2, 0.25) is 6.79 Å². The third kappa shape index (κ3) is 2.10. The van der Waals surface area contributed by atoms with Gasteiger partial charge in [0.25, 0.3) is 0 Å². The molecule has 0 fully saturated rings. The lowest BCUT2D eigenvalue weighted by Gasteiger charge is -2.17. The molecule has 1 aromatic carbocycles. The van der Waals surface area contributed by atoms with Crippen LogP contribution in [0.1, 0.15) is 5.56 Å². The zero-order chi connectivity index (χ0) is 14.2. The Hall–Kier alpha value is -2.90. The molecule has 0 amide bonds. The van der Waals surface area contributed by atoms with E-state index in [1.807, 2.05) is 42.3 Å². The molecule has 3 aromatic rings. The highest BCUT2D eigenvalue weighted by Crippen LogP contribution is 2.32. The summed E-state index contributed by atoms with van der Waals surface area (Å²) in [6.07, 6.45) is 0. The van der Waals surface area contributed by atoms with Crippen molar-refractivity contribution in [1.82, 2.24) is 25.3 Å². The zero-order valence-corrected chi connectivity index (χ0v) is 11.3. The molecule has 8 nitrogen and oxygen atoms in total. The molecule has 21 heavy (non-hydrogen) atoms. The van der Waals surface area contributed by atoms with Crippen molar-refractivity contribution in [3.8, 4) is 11.5 Å². The predicted molar refractivity (Wildman–Crippen MR) is 73.2 cm³/mol. The molecule has 1 aliphatic rings. The van der Waals surface area contributed by atoms with Gasteiger partial charge in [-0.1, -0.05) is 6.07 Å². The first-order chi connectivity index (χ1) is 10.3. The summed E-state index contributed by atoms with van der Waals surface area (Å²) in [5, 5.41) is 15.6.